The van der Waals surface area contributed by atoms with Crippen LogP contribution < -0.4 is 4.90 Å². The van der Waals surface area contributed by atoms with E-state index in [1.807, 2.05) is 37.3 Å². The van der Waals surface area contributed by atoms with Gasteiger partial charge in [-0.25, -0.2) is 9.97 Å². The van der Waals surface area contributed by atoms with Crippen LogP contribution in [0.4, 0.5) is 5.82 Å². The standard InChI is InChI=1S/C21H23N5O/c1-16-12-20(24-21(23-16)18-5-3-7-22-14-18)26-10-8-25(9-11-26)15-17-4-2-6-19(27)13-17/h2-7,12-14,27H,8-11,15H2,1H3. The number of pyridine rings is 1. The molecule has 1 fully saturated rings. The number of rotatable bonds is 4. The quantitative estimate of drug-likeness (QED) is 0.771. The molecule has 0 bridgehead atoms. The molecule has 1 aromatic carbocycles. The van der Waals surface area contributed by atoms with Gasteiger partial charge in [0, 0.05) is 62.4 Å². The molecule has 1 saturated heterocycles. The highest BCUT2D eigenvalue weighted by Gasteiger charge is 2.19. The first-order valence-corrected chi connectivity index (χ1v) is 9.19. The van der Waals surface area contributed by atoms with E-state index in [2.05, 4.69) is 25.8 Å². The van der Waals surface area contributed by atoms with Crippen LogP contribution in [0.1, 0.15) is 11.3 Å². The number of aromatic hydroxyl groups is 1. The third kappa shape index (κ3) is 4.23. The van der Waals surface area contributed by atoms with Gasteiger partial charge < -0.3 is 10.0 Å². The van der Waals surface area contributed by atoms with Gasteiger partial charge in [0.1, 0.15) is 11.6 Å². The largest absolute Gasteiger partial charge is 0.508 e. The van der Waals surface area contributed by atoms with Crippen LogP contribution in [-0.4, -0.2) is 51.1 Å². The maximum Gasteiger partial charge on any atom is 0.163 e. The molecule has 0 spiro atoms. The number of phenolic OH excluding ortho intramolecular Hbond substituents is 1. The van der Waals surface area contributed by atoms with E-state index in [1.165, 1.54) is 0 Å². The molecule has 1 N–H and O–H groups in total. The van der Waals surface area contributed by atoms with E-state index in [1.54, 1.807) is 18.5 Å². The lowest BCUT2D eigenvalue weighted by Crippen LogP contribution is -2.46. The second-order valence-corrected chi connectivity index (χ2v) is 6.87. The Morgan fingerprint density at radius 1 is 1.00 bits per heavy atom. The van der Waals surface area contributed by atoms with Crippen LogP contribution in [0.15, 0.2) is 54.9 Å². The minimum absolute atomic E-state index is 0.325. The van der Waals surface area contributed by atoms with Gasteiger partial charge in [-0.05, 0) is 36.8 Å². The number of phenols is 1. The summed E-state index contributed by atoms with van der Waals surface area (Å²) in [5, 5.41) is 9.63. The molecule has 138 valence electrons. The Labute approximate surface area is 159 Å². The number of aromatic nitrogens is 3. The topological polar surface area (TPSA) is 65.4 Å². The third-order valence-corrected chi connectivity index (χ3v) is 4.77. The fourth-order valence-electron chi connectivity index (χ4n) is 3.39. The smallest absolute Gasteiger partial charge is 0.163 e. The molecule has 3 heterocycles. The van der Waals surface area contributed by atoms with Crippen molar-refractivity contribution in [2.45, 2.75) is 13.5 Å². The minimum atomic E-state index is 0.325. The Balaban J connectivity index is 1.44. The third-order valence-electron chi connectivity index (χ3n) is 4.77. The summed E-state index contributed by atoms with van der Waals surface area (Å²) in [5.41, 5.74) is 3.03. The molecule has 1 aliphatic rings. The van der Waals surface area contributed by atoms with E-state index in [9.17, 15) is 5.11 Å². The van der Waals surface area contributed by atoms with Crippen molar-refractivity contribution in [3.63, 3.8) is 0 Å². The van der Waals surface area contributed by atoms with Crippen molar-refractivity contribution in [3.05, 3.63) is 66.1 Å². The number of anilines is 1. The zero-order valence-electron chi connectivity index (χ0n) is 15.4. The molecule has 4 rings (SSSR count). The van der Waals surface area contributed by atoms with Crippen molar-refractivity contribution in [1.29, 1.82) is 0 Å². The molecule has 6 nitrogen and oxygen atoms in total. The van der Waals surface area contributed by atoms with Gasteiger partial charge in [0.25, 0.3) is 0 Å². The predicted molar refractivity (Wildman–Crippen MR) is 106 cm³/mol. The molecular formula is C21H23N5O. The molecule has 0 atom stereocenters. The zero-order valence-corrected chi connectivity index (χ0v) is 15.4. The highest BCUT2D eigenvalue weighted by Crippen LogP contribution is 2.21. The van der Waals surface area contributed by atoms with Gasteiger partial charge in [0.15, 0.2) is 5.82 Å². The van der Waals surface area contributed by atoms with Crippen molar-refractivity contribution in [2.75, 3.05) is 31.1 Å². The van der Waals surface area contributed by atoms with Crippen molar-refractivity contribution in [3.8, 4) is 17.1 Å². The number of hydrogen-bond donors (Lipinski definition) is 1. The predicted octanol–water partition coefficient (Wildman–Crippen LogP) is 2.87. The molecule has 0 unspecified atom stereocenters. The number of aryl methyl sites for hydroxylation is 1. The van der Waals surface area contributed by atoms with Crippen LogP contribution >= 0.6 is 0 Å². The van der Waals surface area contributed by atoms with E-state index < -0.39 is 0 Å². The molecule has 6 heteroatoms. The maximum atomic E-state index is 9.63. The summed E-state index contributed by atoms with van der Waals surface area (Å²) >= 11 is 0. The highest BCUT2D eigenvalue weighted by molar-refractivity contribution is 5.56. The van der Waals surface area contributed by atoms with Crippen molar-refractivity contribution in [1.82, 2.24) is 19.9 Å². The van der Waals surface area contributed by atoms with Crippen LogP contribution in [-0.2, 0) is 6.54 Å². The lowest BCUT2D eigenvalue weighted by molar-refractivity contribution is 0.249. The van der Waals surface area contributed by atoms with Crippen LogP contribution in [0.3, 0.4) is 0 Å². The first-order chi connectivity index (χ1) is 13.2. The zero-order chi connectivity index (χ0) is 18.6. The van der Waals surface area contributed by atoms with Crippen molar-refractivity contribution >= 4 is 5.82 Å². The summed E-state index contributed by atoms with van der Waals surface area (Å²) in [6, 6.07) is 13.4. The Morgan fingerprint density at radius 3 is 2.59 bits per heavy atom. The maximum absolute atomic E-state index is 9.63. The van der Waals surface area contributed by atoms with E-state index >= 15 is 0 Å². The number of benzene rings is 1. The fraction of sp³-hybridized carbons (Fsp3) is 0.286. The number of piperazine rings is 1. The monoisotopic (exact) mass is 361 g/mol. The van der Waals surface area contributed by atoms with E-state index in [0.29, 0.717) is 5.75 Å². The van der Waals surface area contributed by atoms with Gasteiger partial charge in [0.2, 0.25) is 0 Å². The Morgan fingerprint density at radius 2 is 1.85 bits per heavy atom. The fourth-order valence-corrected chi connectivity index (χ4v) is 3.39. The Kier molecular flexibility index (Phi) is 4.98. The van der Waals surface area contributed by atoms with Crippen LogP contribution in [0, 0.1) is 6.92 Å². The van der Waals surface area contributed by atoms with Gasteiger partial charge in [-0.3, -0.25) is 9.88 Å². The summed E-state index contributed by atoms with van der Waals surface area (Å²) in [6.07, 6.45) is 3.55. The molecule has 27 heavy (non-hydrogen) atoms. The average molecular weight is 361 g/mol. The summed E-state index contributed by atoms with van der Waals surface area (Å²) in [7, 11) is 0. The lowest BCUT2D eigenvalue weighted by Gasteiger charge is -2.35. The molecule has 0 saturated carbocycles. The van der Waals surface area contributed by atoms with Gasteiger partial charge >= 0.3 is 0 Å². The van der Waals surface area contributed by atoms with Gasteiger partial charge in [-0.2, -0.15) is 0 Å². The Bertz CT molecular complexity index is 907. The summed E-state index contributed by atoms with van der Waals surface area (Å²) < 4.78 is 0. The van der Waals surface area contributed by atoms with Gasteiger partial charge in [-0.1, -0.05) is 12.1 Å². The summed E-state index contributed by atoms with van der Waals surface area (Å²) in [6.45, 7) is 6.61. The first-order valence-electron chi connectivity index (χ1n) is 9.19. The SMILES string of the molecule is Cc1cc(N2CCN(Cc3cccc(O)c3)CC2)nc(-c2cccnc2)n1. The minimum Gasteiger partial charge on any atom is -0.508 e. The molecule has 1 aliphatic heterocycles. The molecule has 2 aromatic heterocycles. The Hall–Kier alpha value is -2.99. The molecule has 0 aliphatic carbocycles. The molecular weight excluding hydrogens is 338 g/mol. The molecule has 3 aromatic rings. The average Bonchev–Trinajstić information content (AvgIpc) is 2.69. The summed E-state index contributed by atoms with van der Waals surface area (Å²) in [5.74, 6) is 2.02. The molecule has 0 amide bonds. The van der Waals surface area contributed by atoms with Crippen molar-refractivity contribution in [2.24, 2.45) is 0 Å². The second-order valence-electron chi connectivity index (χ2n) is 6.87. The highest BCUT2D eigenvalue weighted by atomic mass is 16.3. The first kappa shape index (κ1) is 17.4. The normalized spacial score (nSPS) is 15.1. The second kappa shape index (κ2) is 7.72. The van der Waals surface area contributed by atoms with Crippen molar-refractivity contribution < 1.29 is 5.11 Å². The van der Waals surface area contributed by atoms with Crippen LogP contribution in [0.25, 0.3) is 11.4 Å². The van der Waals surface area contributed by atoms with E-state index in [-0.39, 0.29) is 0 Å². The molecule has 0 radical (unpaired) electrons. The van der Waals surface area contributed by atoms with E-state index in [4.69, 9.17) is 4.98 Å². The number of nitrogens with zero attached hydrogens (tertiary/aromatic N) is 5. The number of hydrogen-bond acceptors (Lipinski definition) is 6. The van der Waals surface area contributed by atoms with Gasteiger partial charge in [0.05, 0.1) is 0 Å². The van der Waals surface area contributed by atoms with Crippen LogP contribution in [0.5, 0.6) is 5.75 Å². The van der Waals surface area contributed by atoms with Crippen LogP contribution in [0.2, 0.25) is 0 Å². The summed E-state index contributed by atoms with van der Waals surface area (Å²) in [4.78, 5) is 18.2. The lowest BCUT2D eigenvalue weighted by atomic mass is 10.2. The van der Waals surface area contributed by atoms with Gasteiger partial charge in [-0.15, -0.1) is 0 Å². The van der Waals surface area contributed by atoms with E-state index in [0.717, 1.165) is 61.2 Å².